The average Bonchev–Trinajstić information content (AvgIpc) is 3.14. The number of rotatable bonds is 4. The molecule has 1 saturated carbocycles. The first-order chi connectivity index (χ1) is 9.17. The van der Waals surface area contributed by atoms with Gasteiger partial charge in [0.1, 0.15) is 0 Å². The van der Waals surface area contributed by atoms with Gasteiger partial charge in [-0.1, -0.05) is 6.07 Å². The quantitative estimate of drug-likeness (QED) is 0.898. The molecule has 1 aliphatic carbocycles. The van der Waals surface area contributed by atoms with Gasteiger partial charge in [-0.05, 0) is 43.4 Å². The van der Waals surface area contributed by atoms with E-state index in [2.05, 4.69) is 5.32 Å². The van der Waals surface area contributed by atoms with E-state index in [0.717, 1.165) is 24.3 Å². The van der Waals surface area contributed by atoms with Gasteiger partial charge in [0.15, 0.2) is 0 Å². The Labute approximate surface area is 112 Å². The first-order valence-corrected chi connectivity index (χ1v) is 6.89. The van der Waals surface area contributed by atoms with Crippen LogP contribution < -0.4 is 5.32 Å². The molecule has 2 aliphatic rings. The number of fused-ring (bicyclic) bond motifs is 1. The molecule has 0 radical (unpaired) electrons. The van der Waals surface area contributed by atoms with Crippen molar-refractivity contribution in [3.05, 3.63) is 29.3 Å². The second-order valence-electron chi connectivity index (χ2n) is 5.38. The largest absolute Gasteiger partial charge is 0.339 e. The standard InChI is InChI=1S/C15H18N2O2/c1-2-17(9-10-3-4-10)15(19)12-6-5-11-8-14(18)16-13(11)7-12/h5-7,10H,2-4,8-9H2,1H3,(H,16,18). The number of anilines is 1. The Morgan fingerprint density at radius 3 is 2.89 bits per heavy atom. The molecule has 0 aromatic heterocycles. The van der Waals surface area contributed by atoms with Gasteiger partial charge >= 0.3 is 0 Å². The highest BCUT2D eigenvalue weighted by Gasteiger charge is 2.27. The summed E-state index contributed by atoms with van der Waals surface area (Å²) in [6, 6.07) is 5.51. The van der Waals surface area contributed by atoms with Gasteiger partial charge in [0.05, 0.1) is 6.42 Å². The summed E-state index contributed by atoms with van der Waals surface area (Å²) in [5.41, 5.74) is 2.44. The molecule has 0 atom stereocenters. The van der Waals surface area contributed by atoms with Gasteiger partial charge < -0.3 is 10.2 Å². The molecule has 0 spiro atoms. The van der Waals surface area contributed by atoms with Gasteiger partial charge in [-0.3, -0.25) is 9.59 Å². The monoisotopic (exact) mass is 258 g/mol. The lowest BCUT2D eigenvalue weighted by atomic mass is 10.1. The SMILES string of the molecule is CCN(CC1CC1)C(=O)c1ccc2c(c1)NC(=O)C2. The molecular weight excluding hydrogens is 240 g/mol. The minimum absolute atomic E-state index is 0.00456. The van der Waals surface area contributed by atoms with Gasteiger partial charge in [0.25, 0.3) is 5.91 Å². The van der Waals surface area contributed by atoms with Crippen LogP contribution in [-0.4, -0.2) is 29.8 Å². The summed E-state index contributed by atoms with van der Waals surface area (Å²) in [7, 11) is 0. The van der Waals surface area contributed by atoms with Gasteiger partial charge in [0, 0.05) is 24.3 Å². The van der Waals surface area contributed by atoms with Crippen molar-refractivity contribution in [3.8, 4) is 0 Å². The molecule has 2 amide bonds. The summed E-state index contributed by atoms with van der Waals surface area (Å²) < 4.78 is 0. The number of nitrogens with zero attached hydrogens (tertiary/aromatic N) is 1. The van der Waals surface area contributed by atoms with Crippen LogP contribution in [0.5, 0.6) is 0 Å². The Morgan fingerprint density at radius 2 is 2.21 bits per heavy atom. The smallest absolute Gasteiger partial charge is 0.253 e. The zero-order chi connectivity index (χ0) is 13.4. The summed E-state index contributed by atoms with van der Waals surface area (Å²) in [6.45, 7) is 3.60. The molecule has 3 rings (SSSR count). The van der Waals surface area contributed by atoms with Crippen LogP contribution in [-0.2, 0) is 11.2 Å². The van der Waals surface area contributed by atoms with Gasteiger partial charge in [-0.25, -0.2) is 0 Å². The summed E-state index contributed by atoms with van der Waals surface area (Å²) >= 11 is 0. The van der Waals surface area contributed by atoms with Gasteiger partial charge in [0.2, 0.25) is 5.91 Å². The number of amides is 2. The molecule has 4 heteroatoms. The predicted octanol–water partition coefficient (Wildman–Crippen LogP) is 2.05. The highest BCUT2D eigenvalue weighted by atomic mass is 16.2. The number of carbonyl (C=O) groups is 2. The zero-order valence-corrected chi connectivity index (χ0v) is 11.1. The molecule has 19 heavy (non-hydrogen) atoms. The highest BCUT2D eigenvalue weighted by molar-refractivity contribution is 6.02. The van der Waals surface area contributed by atoms with Crippen LogP contribution in [0.3, 0.4) is 0 Å². The van der Waals surface area contributed by atoms with E-state index in [0.29, 0.717) is 17.9 Å². The van der Waals surface area contributed by atoms with Crippen LogP contribution >= 0.6 is 0 Å². The van der Waals surface area contributed by atoms with Crippen molar-refractivity contribution in [3.63, 3.8) is 0 Å². The molecular formula is C15H18N2O2. The molecule has 1 fully saturated rings. The normalized spacial score (nSPS) is 17.0. The lowest BCUT2D eigenvalue weighted by molar-refractivity contribution is -0.115. The molecule has 4 nitrogen and oxygen atoms in total. The van der Waals surface area contributed by atoms with E-state index in [1.54, 1.807) is 6.07 Å². The number of hydrogen-bond donors (Lipinski definition) is 1. The van der Waals surface area contributed by atoms with Crippen LogP contribution in [0.15, 0.2) is 18.2 Å². The van der Waals surface area contributed by atoms with Crippen molar-refractivity contribution in [1.82, 2.24) is 4.90 Å². The fourth-order valence-corrected chi connectivity index (χ4v) is 2.50. The average molecular weight is 258 g/mol. The van der Waals surface area contributed by atoms with Crippen molar-refractivity contribution in [2.24, 2.45) is 5.92 Å². The zero-order valence-electron chi connectivity index (χ0n) is 11.1. The van der Waals surface area contributed by atoms with E-state index in [-0.39, 0.29) is 11.8 Å². The third-order valence-corrected chi connectivity index (χ3v) is 3.83. The first-order valence-electron chi connectivity index (χ1n) is 6.89. The van der Waals surface area contributed by atoms with Gasteiger partial charge in [-0.2, -0.15) is 0 Å². The molecule has 1 heterocycles. The predicted molar refractivity (Wildman–Crippen MR) is 73.1 cm³/mol. The fourth-order valence-electron chi connectivity index (χ4n) is 2.50. The molecule has 0 unspecified atom stereocenters. The second-order valence-corrected chi connectivity index (χ2v) is 5.38. The van der Waals surface area contributed by atoms with Crippen LogP contribution in [0.1, 0.15) is 35.7 Å². The molecule has 100 valence electrons. The van der Waals surface area contributed by atoms with E-state index >= 15 is 0 Å². The maximum Gasteiger partial charge on any atom is 0.253 e. The second kappa shape index (κ2) is 4.68. The highest BCUT2D eigenvalue weighted by Crippen LogP contribution is 2.30. The van der Waals surface area contributed by atoms with Crippen molar-refractivity contribution in [2.45, 2.75) is 26.2 Å². The summed E-state index contributed by atoms with van der Waals surface area (Å²) in [4.78, 5) is 25.7. The Hall–Kier alpha value is -1.84. The summed E-state index contributed by atoms with van der Waals surface area (Å²) in [6.07, 6.45) is 2.90. The topological polar surface area (TPSA) is 49.4 Å². The Bertz CT molecular complexity index is 535. The molecule has 1 aromatic carbocycles. The van der Waals surface area contributed by atoms with Crippen LogP contribution in [0.4, 0.5) is 5.69 Å². The minimum atomic E-state index is 0.00456. The number of carbonyl (C=O) groups excluding carboxylic acids is 2. The fraction of sp³-hybridized carbons (Fsp3) is 0.467. The Kier molecular flexibility index (Phi) is 3.01. The summed E-state index contributed by atoms with van der Waals surface area (Å²) in [5, 5.41) is 2.79. The lowest BCUT2D eigenvalue weighted by Crippen LogP contribution is -2.32. The van der Waals surface area contributed by atoms with E-state index in [1.807, 2.05) is 24.0 Å². The molecule has 0 bridgehead atoms. The minimum Gasteiger partial charge on any atom is -0.339 e. The molecule has 1 N–H and O–H groups in total. The number of hydrogen-bond acceptors (Lipinski definition) is 2. The van der Waals surface area contributed by atoms with Crippen LogP contribution in [0.2, 0.25) is 0 Å². The third-order valence-electron chi connectivity index (χ3n) is 3.83. The first kappa shape index (κ1) is 12.2. The number of benzene rings is 1. The number of nitrogens with one attached hydrogen (secondary N) is 1. The van der Waals surface area contributed by atoms with E-state index in [4.69, 9.17) is 0 Å². The van der Waals surface area contributed by atoms with E-state index in [9.17, 15) is 9.59 Å². The maximum absolute atomic E-state index is 12.4. The Morgan fingerprint density at radius 1 is 1.42 bits per heavy atom. The molecule has 1 aromatic rings. The van der Waals surface area contributed by atoms with E-state index in [1.165, 1.54) is 12.8 Å². The van der Waals surface area contributed by atoms with Crippen LogP contribution in [0.25, 0.3) is 0 Å². The van der Waals surface area contributed by atoms with E-state index < -0.39 is 0 Å². The van der Waals surface area contributed by atoms with Crippen molar-refractivity contribution in [1.29, 1.82) is 0 Å². The van der Waals surface area contributed by atoms with Crippen molar-refractivity contribution >= 4 is 17.5 Å². The molecule has 0 saturated heterocycles. The van der Waals surface area contributed by atoms with Crippen LogP contribution in [0, 0.1) is 5.92 Å². The summed E-state index contributed by atoms with van der Waals surface area (Å²) in [5.74, 6) is 0.765. The molecule has 1 aliphatic heterocycles. The Balaban J connectivity index is 1.79. The van der Waals surface area contributed by atoms with Crippen molar-refractivity contribution in [2.75, 3.05) is 18.4 Å². The third kappa shape index (κ3) is 2.48. The maximum atomic E-state index is 12.4. The van der Waals surface area contributed by atoms with Crippen molar-refractivity contribution < 1.29 is 9.59 Å². The lowest BCUT2D eigenvalue weighted by Gasteiger charge is -2.21. The van der Waals surface area contributed by atoms with Gasteiger partial charge in [-0.15, -0.1) is 0 Å².